The van der Waals surface area contributed by atoms with Gasteiger partial charge in [-0.25, -0.2) is 0 Å². The molecule has 0 radical (unpaired) electrons. The molecule has 0 saturated carbocycles. The van der Waals surface area contributed by atoms with Gasteiger partial charge in [0, 0.05) is 48.7 Å². The molecule has 0 amide bonds. The first kappa shape index (κ1) is 20.8. The van der Waals surface area contributed by atoms with Crippen LogP contribution in [0.1, 0.15) is 5.56 Å². The van der Waals surface area contributed by atoms with Gasteiger partial charge in [-0.15, -0.1) is 0 Å². The summed E-state index contributed by atoms with van der Waals surface area (Å²) in [5, 5.41) is 6.79. The molecule has 2 heterocycles. The minimum Gasteiger partial charge on any atom is -0.374 e. The maximum absolute atomic E-state index is 12.9. The molecule has 7 nitrogen and oxygen atoms in total. The number of hydrogen-bond donors (Lipinski definition) is 2. The van der Waals surface area contributed by atoms with Crippen molar-refractivity contribution in [3.8, 4) is 5.75 Å². The summed E-state index contributed by atoms with van der Waals surface area (Å²) in [5.74, 6) is -0.412. The van der Waals surface area contributed by atoms with Crippen LogP contribution in [0.3, 0.4) is 0 Å². The molecule has 30 heavy (non-hydrogen) atoms. The minimum absolute atomic E-state index is 0.219. The fourth-order valence-corrected chi connectivity index (χ4v) is 3.90. The van der Waals surface area contributed by atoms with Gasteiger partial charge in [0.05, 0.1) is 17.1 Å². The van der Waals surface area contributed by atoms with Crippen LogP contribution in [0.25, 0.3) is 0 Å². The number of piperazine rings is 1. The highest BCUT2D eigenvalue weighted by molar-refractivity contribution is 7.88. The van der Waals surface area contributed by atoms with E-state index in [0.717, 1.165) is 0 Å². The van der Waals surface area contributed by atoms with E-state index in [1.54, 1.807) is 23.1 Å². The van der Waals surface area contributed by atoms with Gasteiger partial charge in [0.15, 0.2) is 5.75 Å². The molecule has 2 N–H and O–H groups in total. The highest BCUT2D eigenvalue weighted by Crippen LogP contribution is 2.43. The average molecular weight is 461 g/mol. The van der Waals surface area contributed by atoms with E-state index in [-0.39, 0.29) is 5.69 Å². The Labute approximate surface area is 175 Å². The number of aliphatic imine (C=N–C) groups is 1. The van der Waals surface area contributed by atoms with E-state index in [0.29, 0.717) is 53.8 Å². The Morgan fingerprint density at radius 1 is 1.10 bits per heavy atom. The number of nitrogens with one attached hydrogen (secondary N) is 2. The van der Waals surface area contributed by atoms with E-state index in [9.17, 15) is 21.6 Å². The highest BCUT2D eigenvalue weighted by Gasteiger charge is 2.49. The van der Waals surface area contributed by atoms with E-state index in [1.165, 1.54) is 18.3 Å². The molecule has 0 bridgehead atoms. The number of benzene rings is 2. The van der Waals surface area contributed by atoms with E-state index >= 15 is 0 Å². The maximum Gasteiger partial charge on any atom is 0.534 e. The molecule has 0 aromatic heterocycles. The predicted octanol–water partition coefficient (Wildman–Crippen LogP) is 3.79. The van der Waals surface area contributed by atoms with Crippen LogP contribution in [0.15, 0.2) is 35.3 Å². The smallest absolute Gasteiger partial charge is 0.374 e. The third-order valence-corrected chi connectivity index (χ3v) is 5.86. The second-order valence-electron chi connectivity index (χ2n) is 6.64. The molecule has 1 fully saturated rings. The van der Waals surface area contributed by atoms with Crippen molar-refractivity contribution in [2.45, 2.75) is 5.51 Å². The van der Waals surface area contributed by atoms with Crippen molar-refractivity contribution in [1.82, 2.24) is 5.32 Å². The second-order valence-corrected chi connectivity index (χ2v) is 8.61. The maximum atomic E-state index is 12.9. The van der Waals surface area contributed by atoms with Crippen molar-refractivity contribution in [2.75, 3.05) is 36.4 Å². The van der Waals surface area contributed by atoms with Gasteiger partial charge >= 0.3 is 15.6 Å². The van der Waals surface area contributed by atoms with Crippen molar-refractivity contribution in [3.05, 3.63) is 40.9 Å². The number of halogens is 4. The second kappa shape index (κ2) is 7.64. The number of alkyl halides is 3. The molecule has 0 spiro atoms. The zero-order valence-electron chi connectivity index (χ0n) is 15.3. The van der Waals surface area contributed by atoms with Crippen LogP contribution >= 0.6 is 11.6 Å². The van der Waals surface area contributed by atoms with E-state index in [4.69, 9.17) is 11.6 Å². The summed E-state index contributed by atoms with van der Waals surface area (Å²) in [4.78, 5) is 6.16. The summed E-state index contributed by atoms with van der Waals surface area (Å²) >= 11 is 6.02. The average Bonchev–Trinajstić information content (AvgIpc) is 2.86. The predicted molar refractivity (Wildman–Crippen MR) is 109 cm³/mol. The first-order valence-corrected chi connectivity index (χ1v) is 10.7. The molecular weight excluding hydrogens is 445 g/mol. The largest absolute Gasteiger partial charge is 0.534 e. The molecule has 0 atom stereocenters. The lowest BCUT2D eigenvalue weighted by molar-refractivity contribution is -0.0499. The lowest BCUT2D eigenvalue weighted by Gasteiger charge is -2.32. The van der Waals surface area contributed by atoms with Gasteiger partial charge in [-0.3, -0.25) is 4.99 Å². The quantitative estimate of drug-likeness (QED) is 0.457. The summed E-state index contributed by atoms with van der Waals surface area (Å²) in [7, 11) is -5.83. The van der Waals surface area contributed by atoms with Gasteiger partial charge in [-0.05, 0) is 30.3 Å². The molecule has 2 aliphatic rings. The van der Waals surface area contributed by atoms with Crippen LogP contribution in [0.5, 0.6) is 5.75 Å². The summed E-state index contributed by atoms with van der Waals surface area (Å²) in [6.07, 6.45) is 1.47. The Hall–Kier alpha value is -2.50. The van der Waals surface area contributed by atoms with Crippen molar-refractivity contribution in [2.24, 2.45) is 4.99 Å². The van der Waals surface area contributed by atoms with Crippen molar-refractivity contribution >= 4 is 50.7 Å². The molecular formula is C18H16ClF3N4O3S. The van der Waals surface area contributed by atoms with Gasteiger partial charge in [-0.1, -0.05) is 11.6 Å². The summed E-state index contributed by atoms with van der Waals surface area (Å²) in [5.41, 5.74) is -3.17. The monoisotopic (exact) mass is 460 g/mol. The van der Waals surface area contributed by atoms with Crippen LogP contribution in [0.4, 0.5) is 35.9 Å². The minimum atomic E-state index is -5.83. The molecule has 2 aromatic carbocycles. The van der Waals surface area contributed by atoms with E-state index in [2.05, 4.69) is 19.8 Å². The van der Waals surface area contributed by atoms with Crippen molar-refractivity contribution < 1.29 is 25.8 Å². The Morgan fingerprint density at radius 3 is 2.50 bits per heavy atom. The zero-order chi connectivity index (χ0) is 21.5. The summed E-state index contributed by atoms with van der Waals surface area (Å²) < 4.78 is 66.6. The van der Waals surface area contributed by atoms with Gasteiger partial charge in [0.1, 0.15) is 0 Å². The van der Waals surface area contributed by atoms with Crippen molar-refractivity contribution in [3.63, 3.8) is 0 Å². The van der Waals surface area contributed by atoms with Crippen molar-refractivity contribution in [1.29, 1.82) is 0 Å². The van der Waals surface area contributed by atoms with Crippen LogP contribution in [-0.2, 0) is 10.1 Å². The van der Waals surface area contributed by atoms with Gasteiger partial charge in [-0.2, -0.15) is 21.6 Å². The lowest BCUT2D eigenvalue weighted by Crippen LogP contribution is -2.44. The number of rotatable bonds is 3. The highest BCUT2D eigenvalue weighted by atomic mass is 35.5. The summed E-state index contributed by atoms with van der Waals surface area (Å²) in [6, 6.07) is 7.72. The Bertz CT molecular complexity index is 1120. The lowest BCUT2D eigenvalue weighted by atomic mass is 10.1. The third-order valence-electron chi connectivity index (χ3n) is 4.66. The molecule has 2 aliphatic heterocycles. The van der Waals surface area contributed by atoms with Crippen LogP contribution in [-0.4, -0.2) is 46.3 Å². The molecule has 0 aliphatic carbocycles. The fraction of sp³-hybridized carbons (Fsp3) is 0.278. The topological polar surface area (TPSA) is 83.0 Å². The Kier molecular flexibility index (Phi) is 5.28. The number of hydrogen-bond acceptors (Lipinski definition) is 7. The van der Waals surface area contributed by atoms with Gasteiger partial charge < -0.3 is 19.7 Å². The first-order chi connectivity index (χ1) is 14.2. The molecule has 2 aromatic rings. The summed E-state index contributed by atoms with van der Waals surface area (Å²) in [6.45, 7) is 2.06. The SMILES string of the molecule is O=S(=O)(Oc1ccc2c(c1N1CCNCC1)C=Nc1cc(Cl)ccc1N2)C(F)(F)F. The first-order valence-electron chi connectivity index (χ1n) is 8.90. The van der Waals surface area contributed by atoms with Gasteiger partial charge in [0.25, 0.3) is 0 Å². The Morgan fingerprint density at radius 2 is 1.80 bits per heavy atom. The normalized spacial score (nSPS) is 16.3. The van der Waals surface area contributed by atoms with Crippen LogP contribution in [0, 0.1) is 0 Å². The standard InChI is InChI=1S/C18H16ClF3N4O3S/c19-11-1-2-14-15(9-11)24-10-12-13(25-14)3-4-16(29-30(27,28)18(20,21)22)17(12)26-7-5-23-6-8-26/h1-4,9-10,23,25H,5-8H2. The molecule has 4 rings (SSSR count). The number of fused-ring (bicyclic) bond motifs is 2. The molecule has 1 saturated heterocycles. The molecule has 12 heteroatoms. The fourth-order valence-electron chi connectivity index (χ4n) is 3.27. The number of anilines is 3. The zero-order valence-corrected chi connectivity index (χ0v) is 16.9. The number of nitrogens with zero attached hydrogens (tertiary/aromatic N) is 2. The van der Waals surface area contributed by atoms with E-state index < -0.39 is 21.4 Å². The molecule has 160 valence electrons. The van der Waals surface area contributed by atoms with Crippen LogP contribution < -0.4 is 19.7 Å². The molecule has 0 unspecified atom stereocenters. The van der Waals surface area contributed by atoms with Gasteiger partial charge in [0.2, 0.25) is 0 Å². The Balaban J connectivity index is 1.85. The van der Waals surface area contributed by atoms with Crippen LogP contribution in [0.2, 0.25) is 5.02 Å². The third kappa shape index (κ3) is 3.92. The van der Waals surface area contributed by atoms with E-state index in [1.807, 2.05) is 0 Å².